The van der Waals surface area contributed by atoms with Gasteiger partial charge in [-0.1, -0.05) is 53.7 Å². The lowest BCUT2D eigenvalue weighted by Gasteiger charge is -2.28. The van der Waals surface area contributed by atoms with Crippen LogP contribution in [0.5, 0.6) is 5.75 Å². The second-order valence-electron chi connectivity index (χ2n) is 10.3. The monoisotopic (exact) mass is 471 g/mol. The number of nitrogens with one attached hydrogen (secondary N) is 1. The number of aryl methyl sites for hydroxylation is 1. The van der Waals surface area contributed by atoms with E-state index in [0.717, 1.165) is 29.7 Å². The maximum absolute atomic E-state index is 12.2. The molecule has 0 saturated carbocycles. The lowest BCUT2D eigenvalue weighted by atomic mass is 9.78. The summed E-state index contributed by atoms with van der Waals surface area (Å²) >= 11 is 1.60. The molecule has 2 N–H and O–H groups in total. The van der Waals surface area contributed by atoms with Gasteiger partial charge in [-0.25, -0.2) is 4.79 Å². The van der Waals surface area contributed by atoms with Crippen molar-refractivity contribution in [3.05, 3.63) is 58.7 Å². The van der Waals surface area contributed by atoms with E-state index in [2.05, 4.69) is 63.7 Å². The van der Waals surface area contributed by atoms with Crippen molar-refractivity contribution in [2.45, 2.75) is 65.2 Å². The van der Waals surface area contributed by atoms with E-state index in [4.69, 9.17) is 0 Å². The Balaban J connectivity index is 1.88. The average molecular weight is 472 g/mol. The van der Waals surface area contributed by atoms with Crippen LogP contribution in [0.4, 0.5) is 5.69 Å². The summed E-state index contributed by atoms with van der Waals surface area (Å²) in [5.74, 6) is 1.17. The topological polar surface area (TPSA) is 75.6 Å². The molecule has 2 aromatic carbocycles. The normalized spacial score (nSPS) is 11.8. The zero-order valence-corrected chi connectivity index (χ0v) is 21.7. The van der Waals surface area contributed by atoms with Crippen LogP contribution >= 0.6 is 11.8 Å². The third kappa shape index (κ3) is 7.81. The van der Waals surface area contributed by atoms with Crippen molar-refractivity contribution in [2.75, 3.05) is 23.9 Å². The molecule has 0 bridgehead atoms. The number of methoxy groups -OCH3 is 1. The Morgan fingerprint density at radius 1 is 0.970 bits per heavy atom. The number of hydrogen-bond acceptors (Lipinski definition) is 5. The highest BCUT2D eigenvalue weighted by atomic mass is 32.2. The van der Waals surface area contributed by atoms with Gasteiger partial charge in [0.2, 0.25) is 5.91 Å². The highest BCUT2D eigenvalue weighted by Crippen LogP contribution is 2.40. The minimum absolute atomic E-state index is 0.0690. The first-order valence-electron chi connectivity index (χ1n) is 11.3. The Labute approximate surface area is 202 Å². The minimum Gasteiger partial charge on any atom is -0.507 e. The fraction of sp³-hybridized carbons (Fsp3) is 0.481. The van der Waals surface area contributed by atoms with Gasteiger partial charge in [-0.3, -0.25) is 4.79 Å². The molecule has 2 aromatic rings. The Hall–Kier alpha value is -2.47. The van der Waals surface area contributed by atoms with Gasteiger partial charge < -0.3 is 15.2 Å². The average Bonchev–Trinajstić information content (AvgIpc) is 2.72. The second kappa shape index (κ2) is 11.1. The van der Waals surface area contributed by atoms with E-state index in [1.54, 1.807) is 36.0 Å². The number of esters is 1. The molecule has 2 rings (SSSR count). The number of ether oxygens (including phenoxy) is 1. The summed E-state index contributed by atoms with van der Waals surface area (Å²) in [6.45, 7) is 12.7. The molecule has 0 spiro atoms. The van der Waals surface area contributed by atoms with E-state index in [1.165, 1.54) is 12.7 Å². The van der Waals surface area contributed by atoms with E-state index >= 15 is 0 Å². The standard InChI is InChI=1S/C27H37NO4S/c1-26(2,3)21-15-18(16-22(24(21)30)27(4,5)6)9-8-14-33-17-23(29)28-20-12-10-19(11-13-20)25(31)32-7/h10-13,15-16,30H,8-9,14,17H2,1-7H3,(H,28,29). The number of hydrogen-bond donors (Lipinski definition) is 2. The van der Waals surface area contributed by atoms with Crippen LogP contribution in [0, 0.1) is 0 Å². The van der Waals surface area contributed by atoms with Crippen LogP contribution < -0.4 is 5.32 Å². The fourth-order valence-corrected chi connectivity index (χ4v) is 4.28. The number of phenols is 1. The molecule has 0 saturated heterocycles. The van der Waals surface area contributed by atoms with Crippen LogP contribution in [0.25, 0.3) is 0 Å². The summed E-state index contributed by atoms with van der Waals surface area (Å²) in [7, 11) is 1.34. The number of phenolic OH excluding ortho intramolecular Hbond substituents is 1. The summed E-state index contributed by atoms with van der Waals surface area (Å²) in [5.41, 5.74) is 4.01. The lowest BCUT2D eigenvalue weighted by Crippen LogP contribution is -2.18. The minimum atomic E-state index is -0.402. The van der Waals surface area contributed by atoms with Crippen molar-refractivity contribution in [3.8, 4) is 5.75 Å². The van der Waals surface area contributed by atoms with Crippen molar-refractivity contribution < 1.29 is 19.4 Å². The second-order valence-corrected chi connectivity index (χ2v) is 11.4. The van der Waals surface area contributed by atoms with Crippen LogP contribution in [0.2, 0.25) is 0 Å². The molecule has 0 aliphatic heterocycles. The smallest absolute Gasteiger partial charge is 0.337 e. The summed E-state index contributed by atoms with van der Waals surface area (Å²) in [5, 5.41) is 13.7. The predicted octanol–water partition coefficient (Wildman–Crippen LogP) is 6.08. The molecule has 0 fully saturated rings. The fourth-order valence-electron chi connectivity index (χ4n) is 3.53. The molecule has 0 aromatic heterocycles. The molecule has 0 radical (unpaired) electrons. The number of thioether (sulfide) groups is 1. The zero-order chi connectivity index (χ0) is 24.8. The van der Waals surface area contributed by atoms with E-state index in [-0.39, 0.29) is 16.7 Å². The summed E-state index contributed by atoms with van der Waals surface area (Å²) in [4.78, 5) is 23.7. The number of benzene rings is 2. The Bertz CT molecular complexity index is 934. The summed E-state index contributed by atoms with van der Waals surface area (Å²) < 4.78 is 4.68. The van der Waals surface area contributed by atoms with Gasteiger partial charge in [-0.05, 0) is 70.4 Å². The molecule has 0 unspecified atom stereocenters. The molecule has 5 nitrogen and oxygen atoms in total. The highest BCUT2D eigenvalue weighted by molar-refractivity contribution is 7.99. The first kappa shape index (κ1) is 26.8. The van der Waals surface area contributed by atoms with Gasteiger partial charge in [0.15, 0.2) is 0 Å². The van der Waals surface area contributed by atoms with Crippen LogP contribution in [0.15, 0.2) is 36.4 Å². The van der Waals surface area contributed by atoms with Crippen molar-refractivity contribution in [2.24, 2.45) is 0 Å². The molecular formula is C27H37NO4S. The summed E-state index contributed by atoms with van der Waals surface area (Å²) in [6, 6.07) is 10.9. The van der Waals surface area contributed by atoms with Gasteiger partial charge in [0.05, 0.1) is 18.4 Å². The molecule has 180 valence electrons. The SMILES string of the molecule is COC(=O)c1ccc(NC(=O)CSCCCc2cc(C(C)(C)C)c(O)c(C(C)(C)C)c2)cc1. The highest BCUT2D eigenvalue weighted by Gasteiger charge is 2.26. The van der Waals surface area contributed by atoms with Crippen molar-refractivity contribution in [3.63, 3.8) is 0 Å². The molecule has 1 amide bonds. The number of anilines is 1. The van der Waals surface area contributed by atoms with Gasteiger partial charge >= 0.3 is 5.97 Å². The number of rotatable bonds is 8. The maximum Gasteiger partial charge on any atom is 0.337 e. The number of amides is 1. The van der Waals surface area contributed by atoms with E-state index in [1.807, 2.05) is 0 Å². The quantitative estimate of drug-likeness (QED) is 0.360. The number of aromatic hydroxyl groups is 1. The van der Waals surface area contributed by atoms with Crippen LogP contribution in [-0.2, 0) is 26.8 Å². The van der Waals surface area contributed by atoms with Gasteiger partial charge in [0.25, 0.3) is 0 Å². The van der Waals surface area contributed by atoms with Gasteiger partial charge in [0, 0.05) is 5.69 Å². The van der Waals surface area contributed by atoms with Gasteiger partial charge in [0.1, 0.15) is 5.75 Å². The number of carbonyl (C=O) groups is 2. The molecule has 6 heteroatoms. The van der Waals surface area contributed by atoms with Crippen LogP contribution in [0.3, 0.4) is 0 Å². The molecule has 0 aliphatic rings. The Morgan fingerprint density at radius 3 is 2.00 bits per heavy atom. The van der Waals surface area contributed by atoms with Crippen LogP contribution in [0.1, 0.15) is 75.0 Å². The third-order valence-corrected chi connectivity index (χ3v) is 6.41. The Morgan fingerprint density at radius 2 is 1.52 bits per heavy atom. The van der Waals surface area contributed by atoms with E-state index < -0.39 is 5.97 Å². The zero-order valence-electron chi connectivity index (χ0n) is 20.9. The molecule has 0 atom stereocenters. The van der Waals surface area contributed by atoms with Crippen molar-refractivity contribution >= 4 is 29.3 Å². The van der Waals surface area contributed by atoms with Gasteiger partial charge in [-0.2, -0.15) is 11.8 Å². The van der Waals surface area contributed by atoms with Crippen LogP contribution in [-0.4, -0.2) is 35.6 Å². The van der Waals surface area contributed by atoms with Crippen molar-refractivity contribution in [1.82, 2.24) is 0 Å². The van der Waals surface area contributed by atoms with Gasteiger partial charge in [-0.15, -0.1) is 0 Å². The molecular weight excluding hydrogens is 434 g/mol. The first-order valence-corrected chi connectivity index (χ1v) is 12.4. The predicted molar refractivity (Wildman–Crippen MR) is 138 cm³/mol. The van der Waals surface area contributed by atoms with E-state index in [0.29, 0.717) is 22.8 Å². The third-order valence-electron chi connectivity index (χ3n) is 5.36. The molecule has 33 heavy (non-hydrogen) atoms. The lowest BCUT2D eigenvalue weighted by molar-refractivity contribution is -0.113. The number of carbonyl (C=O) groups excluding carboxylic acids is 2. The maximum atomic E-state index is 12.2. The molecule has 0 heterocycles. The summed E-state index contributed by atoms with van der Waals surface area (Å²) in [6.07, 6.45) is 1.85. The van der Waals surface area contributed by atoms with E-state index in [9.17, 15) is 14.7 Å². The van der Waals surface area contributed by atoms with Crippen molar-refractivity contribution in [1.29, 1.82) is 0 Å². The largest absolute Gasteiger partial charge is 0.507 e. The first-order chi connectivity index (χ1) is 15.3. The molecule has 0 aliphatic carbocycles. The Kier molecular flexibility index (Phi) is 9.01.